The van der Waals surface area contributed by atoms with Gasteiger partial charge in [0.25, 0.3) is 0 Å². The van der Waals surface area contributed by atoms with Crippen LogP contribution < -0.4 is 0 Å². The van der Waals surface area contributed by atoms with E-state index in [1.165, 1.54) is 199 Å². The maximum atomic E-state index is 12.3. The highest BCUT2D eigenvalue weighted by atomic mass is 16.6. The van der Waals surface area contributed by atoms with Crippen molar-refractivity contribution in [2.24, 2.45) is 0 Å². The van der Waals surface area contributed by atoms with Gasteiger partial charge in [-0.1, -0.05) is 261 Å². The molecule has 5 heteroatoms. The fourth-order valence-corrected chi connectivity index (χ4v) is 8.31. The van der Waals surface area contributed by atoms with Gasteiger partial charge in [-0.25, -0.2) is 0 Å². The molecular weight excluding hydrogens is 801 g/mol. The molecule has 0 bridgehead atoms. The van der Waals surface area contributed by atoms with Crippen LogP contribution in [0.2, 0.25) is 0 Å². The molecule has 0 saturated carbocycles. The molecule has 0 aliphatic heterocycles. The Morgan fingerprint density at radius 1 is 0.369 bits per heavy atom. The predicted molar refractivity (Wildman–Crippen MR) is 284 cm³/mol. The lowest BCUT2D eigenvalue weighted by molar-refractivity contribution is -0.161. The Labute approximate surface area is 404 Å². The number of unbranched alkanes of at least 4 members (excludes halogenated alkanes) is 34. The summed E-state index contributed by atoms with van der Waals surface area (Å²) >= 11 is 0. The summed E-state index contributed by atoms with van der Waals surface area (Å²) in [5.41, 5.74) is 0. The average molecular weight is 910 g/mol. The lowest BCUT2D eigenvalue weighted by Gasteiger charge is -2.15. The molecule has 0 amide bonds. The molecule has 1 atom stereocenters. The Morgan fingerprint density at radius 3 is 1.02 bits per heavy atom. The molecule has 0 aromatic rings. The number of carbonyl (C=O) groups excluding carboxylic acids is 2. The fraction of sp³-hybridized carbons (Fsp3) is 0.800. The highest BCUT2D eigenvalue weighted by Crippen LogP contribution is 2.17. The standard InChI is InChI=1S/C60H108O5/c1-3-5-7-9-11-13-15-17-19-21-23-24-25-26-27-28-29-30-31-32-33-34-35-36-37-39-41-43-45-47-49-51-53-55-60(63)65-58(56-61)57-64-59(62)54-52-50-48-46-44-42-40-38-22-20-18-16-14-12-10-8-6-4-2/h5,7,11,13,17,19-20,22-24,58,61H,3-4,6,8-10,12,14-16,18,21,25-57H2,1-2H3/b7-5-,13-11-,19-17-,22-20-,24-23-. The van der Waals surface area contributed by atoms with Gasteiger partial charge < -0.3 is 14.6 Å². The average Bonchev–Trinajstić information content (AvgIpc) is 3.31. The van der Waals surface area contributed by atoms with Crippen molar-refractivity contribution in [3.05, 3.63) is 60.8 Å². The van der Waals surface area contributed by atoms with Crippen LogP contribution in [0.1, 0.15) is 290 Å². The number of rotatable bonds is 52. The van der Waals surface area contributed by atoms with Gasteiger partial charge in [0, 0.05) is 12.8 Å². The summed E-state index contributed by atoms with van der Waals surface area (Å²) < 4.78 is 10.7. The van der Waals surface area contributed by atoms with Gasteiger partial charge in [0.2, 0.25) is 0 Å². The number of allylic oxidation sites excluding steroid dienone is 10. The van der Waals surface area contributed by atoms with Crippen LogP contribution in [0.15, 0.2) is 60.8 Å². The van der Waals surface area contributed by atoms with Gasteiger partial charge in [0.15, 0.2) is 6.10 Å². The molecule has 0 spiro atoms. The summed E-state index contributed by atoms with van der Waals surface area (Å²) in [5, 5.41) is 9.64. The summed E-state index contributed by atoms with van der Waals surface area (Å²) in [5.74, 6) is -0.583. The van der Waals surface area contributed by atoms with Crippen molar-refractivity contribution in [2.75, 3.05) is 13.2 Å². The molecule has 0 aliphatic rings. The fourth-order valence-electron chi connectivity index (χ4n) is 8.31. The number of hydrogen-bond acceptors (Lipinski definition) is 5. The SMILES string of the molecule is CC/C=C\C/C=C\C/C=C\C/C=C\CCCCCCCCCCCCCCCCCCCCCCC(=O)OC(CO)COC(=O)CCCCCCCCC/C=C\CCCCCCCCC. The van der Waals surface area contributed by atoms with E-state index in [0.717, 1.165) is 64.2 Å². The molecule has 378 valence electrons. The molecule has 0 fully saturated rings. The molecule has 0 saturated heterocycles. The van der Waals surface area contributed by atoms with E-state index in [0.29, 0.717) is 12.8 Å². The summed E-state index contributed by atoms with van der Waals surface area (Å²) in [7, 11) is 0. The maximum absolute atomic E-state index is 12.3. The van der Waals surface area contributed by atoms with E-state index in [-0.39, 0.29) is 25.2 Å². The van der Waals surface area contributed by atoms with Gasteiger partial charge in [-0.2, -0.15) is 0 Å². The van der Waals surface area contributed by atoms with Crippen molar-refractivity contribution in [2.45, 2.75) is 296 Å². The number of esters is 2. The van der Waals surface area contributed by atoms with E-state index in [2.05, 4.69) is 74.6 Å². The highest BCUT2D eigenvalue weighted by Gasteiger charge is 2.16. The first-order valence-corrected chi connectivity index (χ1v) is 28.3. The minimum absolute atomic E-state index is 0.0653. The first-order valence-electron chi connectivity index (χ1n) is 28.3. The van der Waals surface area contributed by atoms with Crippen LogP contribution >= 0.6 is 0 Å². The Balaban J connectivity index is 3.43. The molecule has 0 rings (SSSR count). The second-order valence-electron chi connectivity index (χ2n) is 19.0. The van der Waals surface area contributed by atoms with Gasteiger partial charge >= 0.3 is 11.9 Å². The minimum Gasteiger partial charge on any atom is -0.462 e. The molecule has 0 heterocycles. The predicted octanol–water partition coefficient (Wildman–Crippen LogP) is 19.0. The Kier molecular flexibility index (Phi) is 53.9. The van der Waals surface area contributed by atoms with Gasteiger partial charge in [-0.05, 0) is 77.0 Å². The Hall–Kier alpha value is -2.40. The van der Waals surface area contributed by atoms with Crippen LogP contribution in [-0.4, -0.2) is 36.4 Å². The number of carbonyl (C=O) groups is 2. The van der Waals surface area contributed by atoms with Crippen molar-refractivity contribution in [3.63, 3.8) is 0 Å². The molecule has 5 nitrogen and oxygen atoms in total. The molecule has 0 radical (unpaired) electrons. The molecular formula is C60H108O5. The Morgan fingerprint density at radius 2 is 0.662 bits per heavy atom. The molecule has 0 aromatic heterocycles. The lowest BCUT2D eigenvalue weighted by Crippen LogP contribution is -2.28. The van der Waals surface area contributed by atoms with Crippen LogP contribution in [0.4, 0.5) is 0 Å². The van der Waals surface area contributed by atoms with Crippen LogP contribution in [-0.2, 0) is 19.1 Å². The van der Waals surface area contributed by atoms with Crippen LogP contribution in [0, 0.1) is 0 Å². The number of aliphatic hydroxyl groups excluding tert-OH is 1. The van der Waals surface area contributed by atoms with Crippen LogP contribution in [0.25, 0.3) is 0 Å². The topological polar surface area (TPSA) is 72.8 Å². The number of aliphatic hydroxyl groups is 1. The smallest absolute Gasteiger partial charge is 0.306 e. The van der Waals surface area contributed by atoms with Crippen molar-refractivity contribution >= 4 is 11.9 Å². The van der Waals surface area contributed by atoms with Crippen molar-refractivity contribution in [1.82, 2.24) is 0 Å². The molecule has 65 heavy (non-hydrogen) atoms. The zero-order valence-electron chi connectivity index (χ0n) is 43.3. The molecule has 1 N–H and O–H groups in total. The molecule has 0 aromatic carbocycles. The lowest BCUT2D eigenvalue weighted by atomic mass is 10.0. The van der Waals surface area contributed by atoms with E-state index in [1.807, 2.05) is 0 Å². The maximum Gasteiger partial charge on any atom is 0.306 e. The third-order valence-corrected chi connectivity index (χ3v) is 12.5. The van der Waals surface area contributed by atoms with Crippen LogP contribution in [0.5, 0.6) is 0 Å². The van der Waals surface area contributed by atoms with E-state index >= 15 is 0 Å². The highest BCUT2D eigenvalue weighted by molar-refractivity contribution is 5.70. The summed E-state index contributed by atoms with van der Waals surface area (Å²) in [6.07, 6.45) is 74.9. The summed E-state index contributed by atoms with van der Waals surface area (Å²) in [4.78, 5) is 24.5. The van der Waals surface area contributed by atoms with Gasteiger partial charge in [-0.15, -0.1) is 0 Å². The minimum atomic E-state index is -0.773. The second-order valence-corrected chi connectivity index (χ2v) is 19.0. The first-order chi connectivity index (χ1) is 32.1. The van der Waals surface area contributed by atoms with E-state index < -0.39 is 6.10 Å². The first kappa shape index (κ1) is 62.6. The number of ether oxygens (including phenoxy) is 2. The van der Waals surface area contributed by atoms with Crippen molar-refractivity contribution in [3.8, 4) is 0 Å². The third kappa shape index (κ3) is 54.1. The van der Waals surface area contributed by atoms with E-state index in [4.69, 9.17) is 9.47 Å². The van der Waals surface area contributed by atoms with Gasteiger partial charge in [0.05, 0.1) is 6.61 Å². The summed E-state index contributed by atoms with van der Waals surface area (Å²) in [6.45, 7) is 4.05. The number of hydrogen-bond donors (Lipinski definition) is 1. The monoisotopic (exact) mass is 909 g/mol. The Bertz CT molecular complexity index is 1120. The quantitative estimate of drug-likeness (QED) is 0.0374. The van der Waals surface area contributed by atoms with Gasteiger partial charge in [0.1, 0.15) is 6.61 Å². The second kappa shape index (κ2) is 55.9. The largest absolute Gasteiger partial charge is 0.462 e. The van der Waals surface area contributed by atoms with E-state index in [9.17, 15) is 14.7 Å². The molecule has 1 unspecified atom stereocenters. The normalized spacial score (nSPS) is 12.6. The van der Waals surface area contributed by atoms with E-state index in [1.54, 1.807) is 0 Å². The summed E-state index contributed by atoms with van der Waals surface area (Å²) in [6, 6.07) is 0. The van der Waals surface area contributed by atoms with Crippen molar-refractivity contribution in [1.29, 1.82) is 0 Å². The third-order valence-electron chi connectivity index (χ3n) is 12.5. The molecule has 0 aliphatic carbocycles. The van der Waals surface area contributed by atoms with Crippen LogP contribution in [0.3, 0.4) is 0 Å². The van der Waals surface area contributed by atoms with Gasteiger partial charge in [-0.3, -0.25) is 9.59 Å². The zero-order valence-corrected chi connectivity index (χ0v) is 43.3. The van der Waals surface area contributed by atoms with Crippen molar-refractivity contribution < 1.29 is 24.2 Å². The zero-order chi connectivity index (χ0) is 47.0.